The van der Waals surface area contributed by atoms with E-state index in [2.05, 4.69) is 31.9 Å². The summed E-state index contributed by atoms with van der Waals surface area (Å²) in [6.45, 7) is 5.90. The molecule has 90 valence electrons. The first kappa shape index (κ1) is 13.5. The van der Waals surface area contributed by atoms with Gasteiger partial charge in [-0.05, 0) is 32.0 Å². The molecule has 1 unspecified atom stereocenters. The molecule has 1 rings (SSSR count). The summed E-state index contributed by atoms with van der Waals surface area (Å²) in [6.07, 6.45) is 0.972. The van der Waals surface area contributed by atoms with Crippen molar-refractivity contribution in [3.05, 3.63) is 34.9 Å². The zero-order valence-corrected chi connectivity index (χ0v) is 11.1. The highest BCUT2D eigenvalue weighted by Crippen LogP contribution is 2.17. The molecule has 0 amide bonds. The molecule has 2 nitrogen and oxygen atoms in total. The largest absolute Gasteiger partial charge is 0.324 e. The van der Waals surface area contributed by atoms with E-state index in [0.29, 0.717) is 0 Å². The van der Waals surface area contributed by atoms with Gasteiger partial charge in [-0.3, -0.25) is 0 Å². The first-order valence-electron chi connectivity index (χ1n) is 5.65. The van der Waals surface area contributed by atoms with Crippen molar-refractivity contribution in [1.82, 2.24) is 4.90 Å². The van der Waals surface area contributed by atoms with Crippen LogP contribution in [-0.2, 0) is 6.54 Å². The van der Waals surface area contributed by atoms with Crippen LogP contribution in [0.3, 0.4) is 0 Å². The van der Waals surface area contributed by atoms with Crippen LogP contribution in [-0.4, -0.2) is 24.0 Å². The van der Waals surface area contributed by atoms with E-state index in [4.69, 9.17) is 17.3 Å². The maximum absolute atomic E-state index is 6.13. The first-order chi connectivity index (χ1) is 7.44. The van der Waals surface area contributed by atoms with E-state index >= 15 is 0 Å². The Hall–Kier alpha value is -0.570. The third-order valence-corrected chi connectivity index (χ3v) is 3.21. The molecule has 1 aromatic rings. The van der Waals surface area contributed by atoms with Gasteiger partial charge < -0.3 is 10.6 Å². The molecular formula is C13H21ClN2. The van der Waals surface area contributed by atoms with Gasteiger partial charge in [0.2, 0.25) is 0 Å². The van der Waals surface area contributed by atoms with E-state index in [0.717, 1.165) is 30.1 Å². The Morgan fingerprint density at radius 3 is 2.56 bits per heavy atom. The fourth-order valence-electron chi connectivity index (χ4n) is 1.70. The average Bonchev–Trinajstić information content (AvgIpc) is 2.21. The van der Waals surface area contributed by atoms with Crippen molar-refractivity contribution in [2.75, 3.05) is 13.6 Å². The first-order valence-corrected chi connectivity index (χ1v) is 6.03. The van der Waals surface area contributed by atoms with E-state index in [1.165, 1.54) is 0 Å². The molecule has 3 heteroatoms. The van der Waals surface area contributed by atoms with Crippen molar-refractivity contribution in [3.63, 3.8) is 0 Å². The Morgan fingerprint density at radius 2 is 2.00 bits per heavy atom. The molecule has 0 fully saturated rings. The Morgan fingerprint density at radius 1 is 1.38 bits per heavy atom. The molecule has 0 bridgehead atoms. The second kappa shape index (κ2) is 5.67. The Bertz CT molecular complexity index is 336. The van der Waals surface area contributed by atoms with Gasteiger partial charge in [-0.25, -0.2) is 0 Å². The van der Waals surface area contributed by atoms with E-state index in [1.807, 2.05) is 18.2 Å². The highest BCUT2D eigenvalue weighted by molar-refractivity contribution is 6.31. The van der Waals surface area contributed by atoms with Crippen LogP contribution < -0.4 is 5.73 Å². The highest BCUT2D eigenvalue weighted by Gasteiger charge is 2.18. The number of benzene rings is 1. The Labute approximate surface area is 103 Å². The lowest BCUT2D eigenvalue weighted by Crippen LogP contribution is -2.45. The lowest BCUT2D eigenvalue weighted by molar-refractivity contribution is 0.246. The smallest absolute Gasteiger partial charge is 0.0451 e. The van der Waals surface area contributed by atoms with Crippen molar-refractivity contribution in [2.45, 2.75) is 32.4 Å². The summed E-state index contributed by atoms with van der Waals surface area (Å²) in [7, 11) is 2.07. The molecule has 16 heavy (non-hydrogen) atoms. The summed E-state index contributed by atoms with van der Waals surface area (Å²) in [5, 5.41) is 0.824. The van der Waals surface area contributed by atoms with Gasteiger partial charge in [-0.2, -0.15) is 0 Å². The quantitative estimate of drug-likeness (QED) is 0.858. The zero-order chi connectivity index (χ0) is 12.2. The summed E-state index contributed by atoms with van der Waals surface area (Å²) in [4.78, 5) is 2.21. The lowest BCUT2D eigenvalue weighted by Gasteiger charge is -2.29. The van der Waals surface area contributed by atoms with Gasteiger partial charge in [0.15, 0.2) is 0 Å². The van der Waals surface area contributed by atoms with Gasteiger partial charge >= 0.3 is 0 Å². The van der Waals surface area contributed by atoms with Crippen LogP contribution in [0, 0.1) is 0 Å². The van der Waals surface area contributed by atoms with Gasteiger partial charge in [0.25, 0.3) is 0 Å². The molecule has 0 heterocycles. The predicted molar refractivity (Wildman–Crippen MR) is 70.7 cm³/mol. The molecule has 0 radical (unpaired) electrons. The standard InChI is InChI=1S/C13H21ClN2/c1-4-13(2,15)10-16(3)9-11-7-5-6-8-12(11)14/h5-8H,4,9-10,15H2,1-3H3. The molecule has 1 aromatic carbocycles. The van der Waals surface area contributed by atoms with Gasteiger partial charge in [-0.15, -0.1) is 0 Å². The summed E-state index contributed by atoms with van der Waals surface area (Å²) < 4.78 is 0. The van der Waals surface area contributed by atoms with Crippen LogP contribution in [0.1, 0.15) is 25.8 Å². The second-order valence-corrected chi connectivity index (χ2v) is 5.18. The number of hydrogen-bond acceptors (Lipinski definition) is 2. The topological polar surface area (TPSA) is 29.3 Å². The second-order valence-electron chi connectivity index (χ2n) is 4.77. The van der Waals surface area contributed by atoms with Gasteiger partial charge in [-0.1, -0.05) is 36.7 Å². The maximum atomic E-state index is 6.13. The van der Waals surface area contributed by atoms with E-state index < -0.39 is 0 Å². The van der Waals surface area contributed by atoms with Crippen LogP contribution in [0.5, 0.6) is 0 Å². The third kappa shape index (κ3) is 4.12. The fraction of sp³-hybridized carbons (Fsp3) is 0.538. The van der Waals surface area contributed by atoms with Crippen LogP contribution in [0.15, 0.2) is 24.3 Å². The molecule has 0 spiro atoms. The van der Waals surface area contributed by atoms with Crippen molar-refractivity contribution in [3.8, 4) is 0 Å². The molecule has 0 saturated heterocycles. The normalized spacial score (nSPS) is 15.1. The lowest BCUT2D eigenvalue weighted by atomic mass is 10.00. The summed E-state index contributed by atoms with van der Waals surface area (Å²) >= 11 is 6.12. The molecule has 0 saturated carbocycles. The monoisotopic (exact) mass is 240 g/mol. The number of nitrogens with two attached hydrogens (primary N) is 1. The predicted octanol–water partition coefficient (Wildman–Crippen LogP) is 2.90. The SMILES string of the molecule is CCC(C)(N)CN(C)Cc1ccccc1Cl. The molecule has 1 atom stereocenters. The van der Waals surface area contributed by atoms with Crippen molar-refractivity contribution < 1.29 is 0 Å². The number of nitrogens with zero attached hydrogens (tertiary/aromatic N) is 1. The van der Waals surface area contributed by atoms with E-state index in [1.54, 1.807) is 0 Å². The van der Waals surface area contributed by atoms with Crippen LogP contribution in [0.2, 0.25) is 5.02 Å². The van der Waals surface area contributed by atoms with Gasteiger partial charge in [0.1, 0.15) is 0 Å². The molecule has 0 aromatic heterocycles. The third-order valence-electron chi connectivity index (χ3n) is 2.84. The summed E-state index contributed by atoms with van der Waals surface area (Å²) in [5.41, 5.74) is 7.16. The van der Waals surface area contributed by atoms with Crippen molar-refractivity contribution in [1.29, 1.82) is 0 Å². The van der Waals surface area contributed by atoms with Crippen LogP contribution >= 0.6 is 11.6 Å². The van der Waals surface area contributed by atoms with Gasteiger partial charge in [0, 0.05) is 23.7 Å². The summed E-state index contributed by atoms with van der Waals surface area (Å²) in [6, 6.07) is 7.94. The van der Waals surface area contributed by atoms with Crippen molar-refractivity contribution >= 4 is 11.6 Å². The minimum Gasteiger partial charge on any atom is -0.324 e. The maximum Gasteiger partial charge on any atom is 0.0451 e. The molecule has 0 aliphatic rings. The van der Waals surface area contributed by atoms with Crippen LogP contribution in [0.4, 0.5) is 0 Å². The Balaban J connectivity index is 2.58. The minimum absolute atomic E-state index is 0.129. The number of likely N-dealkylation sites (N-methyl/N-ethyl adjacent to an activating group) is 1. The molecular weight excluding hydrogens is 220 g/mol. The number of rotatable bonds is 5. The number of hydrogen-bond donors (Lipinski definition) is 1. The van der Waals surface area contributed by atoms with E-state index in [-0.39, 0.29) is 5.54 Å². The molecule has 2 N–H and O–H groups in total. The van der Waals surface area contributed by atoms with Crippen molar-refractivity contribution in [2.24, 2.45) is 5.73 Å². The Kier molecular flexibility index (Phi) is 4.78. The fourth-order valence-corrected chi connectivity index (χ4v) is 1.90. The summed E-state index contributed by atoms with van der Waals surface area (Å²) in [5.74, 6) is 0. The average molecular weight is 241 g/mol. The highest BCUT2D eigenvalue weighted by atomic mass is 35.5. The van der Waals surface area contributed by atoms with Gasteiger partial charge in [0.05, 0.1) is 0 Å². The van der Waals surface area contributed by atoms with Crippen LogP contribution in [0.25, 0.3) is 0 Å². The minimum atomic E-state index is -0.129. The number of halogens is 1. The molecule has 0 aliphatic carbocycles. The van der Waals surface area contributed by atoms with E-state index in [9.17, 15) is 0 Å². The molecule has 0 aliphatic heterocycles. The zero-order valence-electron chi connectivity index (χ0n) is 10.3.